The fraction of sp³-hybridized carbons (Fsp3) is 0.824. The molecule has 4 nitrogen and oxygen atoms in total. The Kier molecular flexibility index (Phi) is 6.24. The minimum Gasteiger partial charge on any atom is -0.396 e. The molecular weight excluding hydrogens is 264 g/mol. The smallest absolute Gasteiger partial charge is 0.222 e. The fourth-order valence-corrected chi connectivity index (χ4v) is 3.71. The standard InChI is InChI=1S/C17H30N2O2/c1-2-8-17(15-20)9-6-13-19(14-17)16(21)7-5-12-18-10-3-4-11-18/h2,20H,1,3-15H2. The molecule has 1 amide bonds. The molecule has 0 saturated carbocycles. The van der Waals surface area contributed by atoms with Crippen LogP contribution in [0.25, 0.3) is 0 Å². The van der Waals surface area contributed by atoms with E-state index >= 15 is 0 Å². The topological polar surface area (TPSA) is 43.8 Å². The van der Waals surface area contributed by atoms with Gasteiger partial charge in [-0.15, -0.1) is 6.58 Å². The molecule has 0 aliphatic carbocycles. The Labute approximate surface area is 128 Å². The van der Waals surface area contributed by atoms with Gasteiger partial charge < -0.3 is 14.9 Å². The lowest BCUT2D eigenvalue weighted by molar-refractivity contribution is -0.135. The van der Waals surface area contributed by atoms with Crippen molar-refractivity contribution in [1.82, 2.24) is 9.80 Å². The molecule has 1 N–H and O–H groups in total. The highest BCUT2D eigenvalue weighted by molar-refractivity contribution is 5.76. The summed E-state index contributed by atoms with van der Waals surface area (Å²) < 4.78 is 0. The van der Waals surface area contributed by atoms with Crippen LogP contribution in [-0.4, -0.2) is 60.1 Å². The van der Waals surface area contributed by atoms with Crippen LogP contribution in [0.2, 0.25) is 0 Å². The highest BCUT2D eigenvalue weighted by atomic mass is 16.3. The molecule has 2 saturated heterocycles. The molecule has 120 valence electrons. The first-order valence-corrected chi connectivity index (χ1v) is 8.41. The van der Waals surface area contributed by atoms with E-state index in [0.717, 1.165) is 38.8 Å². The van der Waals surface area contributed by atoms with Crippen LogP contribution in [0, 0.1) is 5.41 Å². The minimum absolute atomic E-state index is 0.148. The monoisotopic (exact) mass is 294 g/mol. The summed E-state index contributed by atoms with van der Waals surface area (Å²) in [5.41, 5.74) is -0.148. The number of piperidine rings is 1. The van der Waals surface area contributed by atoms with E-state index in [0.29, 0.717) is 13.0 Å². The summed E-state index contributed by atoms with van der Waals surface area (Å²) in [4.78, 5) is 16.8. The Bertz CT molecular complexity index is 353. The summed E-state index contributed by atoms with van der Waals surface area (Å²) in [5, 5.41) is 9.70. The molecule has 2 heterocycles. The van der Waals surface area contributed by atoms with E-state index in [-0.39, 0.29) is 17.9 Å². The zero-order chi connectivity index (χ0) is 15.1. The van der Waals surface area contributed by atoms with Crippen molar-refractivity contribution in [1.29, 1.82) is 0 Å². The van der Waals surface area contributed by atoms with Crippen molar-refractivity contribution >= 4 is 5.91 Å². The SMILES string of the molecule is C=CCC1(CO)CCCN(C(=O)CCCN2CCCC2)C1. The third-order valence-corrected chi connectivity index (χ3v) is 4.99. The molecule has 0 spiro atoms. The predicted octanol–water partition coefficient (Wildman–Crippen LogP) is 2.04. The van der Waals surface area contributed by atoms with Crippen molar-refractivity contribution in [2.75, 3.05) is 39.3 Å². The normalized spacial score (nSPS) is 27.0. The van der Waals surface area contributed by atoms with Gasteiger partial charge >= 0.3 is 0 Å². The molecule has 2 rings (SSSR count). The van der Waals surface area contributed by atoms with Crippen molar-refractivity contribution in [3.05, 3.63) is 12.7 Å². The number of rotatable bonds is 7. The highest BCUT2D eigenvalue weighted by Gasteiger charge is 2.35. The average molecular weight is 294 g/mol. The second-order valence-corrected chi connectivity index (χ2v) is 6.72. The van der Waals surface area contributed by atoms with Gasteiger partial charge in [0.05, 0.1) is 6.61 Å². The first-order valence-electron chi connectivity index (χ1n) is 8.41. The first-order chi connectivity index (χ1) is 10.2. The Morgan fingerprint density at radius 2 is 2.00 bits per heavy atom. The zero-order valence-electron chi connectivity index (χ0n) is 13.2. The quantitative estimate of drug-likeness (QED) is 0.731. The van der Waals surface area contributed by atoms with Crippen LogP contribution < -0.4 is 0 Å². The van der Waals surface area contributed by atoms with E-state index < -0.39 is 0 Å². The lowest BCUT2D eigenvalue weighted by atomic mass is 9.77. The number of aliphatic hydroxyl groups is 1. The molecule has 0 aromatic heterocycles. The minimum atomic E-state index is -0.148. The summed E-state index contributed by atoms with van der Waals surface area (Å²) in [7, 11) is 0. The maximum atomic E-state index is 12.4. The molecule has 2 fully saturated rings. The molecule has 1 atom stereocenters. The van der Waals surface area contributed by atoms with Gasteiger partial charge in [-0.2, -0.15) is 0 Å². The van der Waals surface area contributed by atoms with Crippen LogP contribution in [0.5, 0.6) is 0 Å². The molecule has 0 aromatic rings. The van der Waals surface area contributed by atoms with Gasteiger partial charge in [0.25, 0.3) is 0 Å². The molecule has 0 bridgehead atoms. The van der Waals surface area contributed by atoms with Gasteiger partial charge in [0, 0.05) is 24.9 Å². The number of hydrogen-bond donors (Lipinski definition) is 1. The van der Waals surface area contributed by atoms with E-state index in [2.05, 4.69) is 11.5 Å². The van der Waals surface area contributed by atoms with E-state index in [1.165, 1.54) is 25.9 Å². The predicted molar refractivity (Wildman–Crippen MR) is 85.1 cm³/mol. The Hall–Kier alpha value is -0.870. The number of aliphatic hydroxyl groups excluding tert-OH is 1. The van der Waals surface area contributed by atoms with E-state index in [9.17, 15) is 9.90 Å². The molecule has 1 unspecified atom stereocenters. The number of nitrogens with zero attached hydrogens (tertiary/aromatic N) is 2. The van der Waals surface area contributed by atoms with Crippen molar-refractivity contribution in [3.63, 3.8) is 0 Å². The molecule has 21 heavy (non-hydrogen) atoms. The Morgan fingerprint density at radius 3 is 2.67 bits per heavy atom. The third kappa shape index (κ3) is 4.55. The van der Waals surface area contributed by atoms with Gasteiger partial charge in [0.2, 0.25) is 5.91 Å². The molecular formula is C17H30N2O2. The zero-order valence-corrected chi connectivity index (χ0v) is 13.2. The maximum Gasteiger partial charge on any atom is 0.222 e. The number of carbonyl (C=O) groups excluding carboxylic acids is 1. The largest absolute Gasteiger partial charge is 0.396 e. The number of hydrogen-bond acceptors (Lipinski definition) is 3. The molecule has 4 heteroatoms. The second-order valence-electron chi connectivity index (χ2n) is 6.72. The van der Waals surface area contributed by atoms with Crippen molar-refractivity contribution < 1.29 is 9.90 Å². The molecule has 2 aliphatic rings. The maximum absolute atomic E-state index is 12.4. The van der Waals surface area contributed by atoms with Crippen LogP contribution in [-0.2, 0) is 4.79 Å². The van der Waals surface area contributed by atoms with Gasteiger partial charge in [-0.3, -0.25) is 4.79 Å². The summed E-state index contributed by atoms with van der Waals surface area (Å²) in [6, 6.07) is 0. The van der Waals surface area contributed by atoms with Gasteiger partial charge in [-0.1, -0.05) is 6.08 Å². The van der Waals surface area contributed by atoms with E-state index in [1.807, 2.05) is 11.0 Å². The van der Waals surface area contributed by atoms with Crippen LogP contribution in [0.4, 0.5) is 0 Å². The summed E-state index contributed by atoms with van der Waals surface area (Å²) in [6.07, 6.45) is 8.87. The Balaban J connectivity index is 1.76. The number of amides is 1. The first kappa shape index (κ1) is 16.5. The van der Waals surface area contributed by atoms with E-state index in [1.54, 1.807) is 0 Å². The second kappa shape index (κ2) is 7.95. The lowest BCUT2D eigenvalue weighted by Gasteiger charge is -2.41. The molecule has 2 aliphatic heterocycles. The lowest BCUT2D eigenvalue weighted by Crippen LogP contribution is -2.47. The molecule has 0 radical (unpaired) electrons. The number of carbonyl (C=O) groups is 1. The highest BCUT2D eigenvalue weighted by Crippen LogP contribution is 2.33. The van der Waals surface area contributed by atoms with Gasteiger partial charge in [-0.25, -0.2) is 0 Å². The number of allylic oxidation sites excluding steroid dienone is 1. The Morgan fingerprint density at radius 1 is 1.24 bits per heavy atom. The van der Waals surface area contributed by atoms with Gasteiger partial charge in [0.15, 0.2) is 0 Å². The van der Waals surface area contributed by atoms with Crippen LogP contribution in [0.3, 0.4) is 0 Å². The van der Waals surface area contributed by atoms with Crippen LogP contribution >= 0.6 is 0 Å². The van der Waals surface area contributed by atoms with Crippen molar-refractivity contribution in [2.45, 2.75) is 44.9 Å². The van der Waals surface area contributed by atoms with Crippen LogP contribution in [0.1, 0.15) is 44.9 Å². The molecule has 0 aromatic carbocycles. The summed E-state index contributed by atoms with van der Waals surface area (Å²) >= 11 is 0. The van der Waals surface area contributed by atoms with Crippen LogP contribution in [0.15, 0.2) is 12.7 Å². The third-order valence-electron chi connectivity index (χ3n) is 4.99. The van der Waals surface area contributed by atoms with Crippen molar-refractivity contribution in [3.8, 4) is 0 Å². The summed E-state index contributed by atoms with van der Waals surface area (Å²) in [6.45, 7) is 8.93. The number of likely N-dealkylation sites (tertiary alicyclic amines) is 2. The fourth-order valence-electron chi connectivity index (χ4n) is 3.71. The van der Waals surface area contributed by atoms with Gasteiger partial charge in [-0.05, 0) is 58.2 Å². The van der Waals surface area contributed by atoms with Crippen molar-refractivity contribution in [2.24, 2.45) is 5.41 Å². The van der Waals surface area contributed by atoms with E-state index in [4.69, 9.17) is 0 Å². The van der Waals surface area contributed by atoms with Gasteiger partial charge in [0.1, 0.15) is 0 Å². The summed E-state index contributed by atoms with van der Waals surface area (Å²) in [5.74, 6) is 0.260. The average Bonchev–Trinajstić information content (AvgIpc) is 3.01.